The number of hydrogen-bond donors (Lipinski definition) is 2. The van der Waals surface area contributed by atoms with E-state index >= 15 is 0 Å². The van der Waals surface area contributed by atoms with Crippen molar-refractivity contribution < 1.29 is 4.79 Å². The number of nitrogens with one attached hydrogen (secondary N) is 1. The lowest BCUT2D eigenvalue weighted by Crippen LogP contribution is -2.26. The van der Waals surface area contributed by atoms with Gasteiger partial charge in [-0.25, -0.2) is 0 Å². The number of nitrogens with two attached hydrogens (primary N) is 1. The van der Waals surface area contributed by atoms with Crippen LogP contribution >= 0.6 is 0 Å². The highest BCUT2D eigenvalue weighted by atomic mass is 16.1. The number of benzene rings is 1. The van der Waals surface area contributed by atoms with Gasteiger partial charge in [0.05, 0.1) is 0 Å². The molecule has 0 aromatic heterocycles. The summed E-state index contributed by atoms with van der Waals surface area (Å²) in [6, 6.07) is 5.85. The monoisotopic (exact) mass is 220 g/mol. The summed E-state index contributed by atoms with van der Waals surface area (Å²) in [6.07, 6.45) is 1.20. The molecule has 1 rings (SSSR count). The summed E-state index contributed by atoms with van der Waals surface area (Å²) in [6.45, 7) is 6.06. The molecule has 0 aliphatic rings. The van der Waals surface area contributed by atoms with Crippen LogP contribution in [0.2, 0.25) is 0 Å². The molecule has 0 spiro atoms. The van der Waals surface area contributed by atoms with Crippen molar-refractivity contribution in [2.45, 2.75) is 39.7 Å². The summed E-state index contributed by atoms with van der Waals surface area (Å²) in [4.78, 5) is 11.6. The van der Waals surface area contributed by atoms with Crippen LogP contribution < -0.4 is 11.1 Å². The quantitative estimate of drug-likeness (QED) is 0.818. The van der Waals surface area contributed by atoms with Gasteiger partial charge in [-0.15, -0.1) is 0 Å². The fraction of sp³-hybridized carbons (Fsp3) is 0.462. The summed E-state index contributed by atoms with van der Waals surface area (Å²) in [5.41, 5.74) is 8.97. The number of carbonyl (C=O) groups is 1. The van der Waals surface area contributed by atoms with Gasteiger partial charge in [-0.2, -0.15) is 0 Å². The molecule has 3 heteroatoms. The molecule has 0 aliphatic carbocycles. The van der Waals surface area contributed by atoms with Gasteiger partial charge in [0.1, 0.15) is 0 Å². The predicted molar refractivity (Wildman–Crippen MR) is 67.4 cm³/mol. The van der Waals surface area contributed by atoms with Crippen LogP contribution in [0.1, 0.15) is 30.9 Å². The first kappa shape index (κ1) is 12.7. The molecule has 1 amide bonds. The number of rotatable bonds is 4. The van der Waals surface area contributed by atoms with Crippen molar-refractivity contribution in [3.63, 3.8) is 0 Å². The van der Waals surface area contributed by atoms with E-state index in [1.165, 1.54) is 11.1 Å². The van der Waals surface area contributed by atoms with E-state index in [0.717, 1.165) is 12.1 Å². The van der Waals surface area contributed by atoms with Crippen molar-refractivity contribution in [1.82, 2.24) is 0 Å². The lowest BCUT2D eigenvalue weighted by atomic mass is 10.1. The topological polar surface area (TPSA) is 55.1 Å². The zero-order valence-corrected chi connectivity index (χ0v) is 10.2. The standard InChI is InChI=1S/C13H20N2O/c1-4-11(14)8-13(16)15-12-6-5-9(2)10(3)7-12/h5-7,11H,4,8,14H2,1-3H3,(H,15,16). The van der Waals surface area contributed by atoms with Crippen LogP contribution in [0.3, 0.4) is 0 Å². The molecule has 0 saturated heterocycles. The van der Waals surface area contributed by atoms with Crippen LogP contribution in [0.25, 0.3) is 0 Å². The lowest BCUT2D eigenvalue weighted by molar-refractivity contribution is -0.116. The Morgan fingerprint density at radius 2 is 2.06 bits per heavy atom. The van der Waals surface area contributed by atoms with Crippen LogP contribution in [0.4, 0.5) is 5.69 Å². The zero-order valence-electron chi connectivity index (χ0n) is 10.2. The minimum absolute atomic E-state index is 0.0161. The molecule has 0 bridgehead atoms. The third kappa shape index (κ3) is 3.66. The van der Waals surface area contributed by atoms with Crippen molar-refractivity contribution in [2.24, 2.45) is 5.73 Å². The van der Waals surface area contributed by atoms with Gasteiger partial charge in [0.2, 0.25) is 5.91 Å². The molecule has 0 saturated carbocycles. The lowest BCUT2D eigenvalue weighted by Gasteiger charge is -2.10. The Morgan fingerprint density at radius 1 is 1.38 bits per heavy atom. The maximum Gasteiger partial charge on any atom is 0.225 e. The summed E-state index contributed by atoms with van der Waals surface area (Å²) >= 11 is 0. The Hall–Kier alpha value is -1.35. The Bertz CT molecular complexity index is 374. The second-order valence-corrected chi connectivity index (χ2v) is 4.22. The zero-order chi connectivity index (χ0) is 12.1. The van der Waals surface area contributed by atoms with Gasteiger partial charge in [0.25, 0.3) is 0 Å². The average Bonchev–Trinajstić information content (AvgIpc) is 2.23. The van der Waals surface area contributed by atoms with E-state index in [-0.39, 0.29) is 11.9 Å². The maximum atomic E-state index is 11.6. The van der Waals surface area contributed by atoms with Gasteiger partial charge in [-0.05, 0) is 43.5 Å². The molecule has 88 valence electrons. The Balaban J connectivity index is 2.59. The number of anilines is 1. The van der Waals surface area contributed by atoms with Gasteiger partial charge in [0.15, 0.2) is 0 Å². The maximum absolute atomic E-state index is 11.6. The van der Waals surface area contributed by atoms with Gasteiger partial charge in [0, 0.05) is 18.2 Å². The van der Waals surface area contributed by atoms with E-state index in [1.807, 2.05) is 39.0 Å². The fourth-order valence-corrected chi connectivity index (χ4v) is 1.41. The van der Waals surface area contributed by atoms with Gasteiger partial charge < -0.3 is 11.1 Å². The first-order chi connectivity index (χ1) is 7.52. The van der Waals surface area contributed by atoms with Crippen LogP contribution in [-0.4, -0.2) is 11.9 Å². The molecular weight excluding hydrogens is 200 g/mol. The molecule has 0 aliphatic heterocycles. The van der Waals surface area contributed by atoms with E-state index < -0.39 is 0 Å². The molecule has 1 unspecified atom stereocenters. The van der Waals surface area contributed by atoms with Crippen LogP contribution in [0.15, 0.2) is 18.2 Å². The molecular formula is C13H20N2O. The summed E-state index contributed by atoms with van der Waals surface area (Å²) in [5, 5.41) is 2.86. The summed E-state index contributed by atoms with van der Waals surface area (Å²) in [7, 11) is 0. The second-order valence-electron chi connectivity index (χ2n) is 4.22. The smallest absolute Gasteiger partial charge is 0.225 e. The average molecular weight is 220 g/mol. The predicted octanol–water partition coefficient (Wildman–Crippen LogP) is 2.37. The number of aryl methyl sites for hydroxylation is 2. The summed E-state index contributed by atoms with van der Waals surface area (Å²) < 4.78 is 0. The minimum atomic E-state index is -0.0495. The van der Waals surface area contributed by atoms with Crippen LogP contribution in [0, 0.1) is 13.8 Å². The molecule has 3 nitrogen and oxygen atoms in total. The minimum Gasteiger partial charge on any atom is -0.327 e. The third-order valence-corrected chi connectivity index (χ3v) is 2.76. The van der Waals surface area contributed by atoms with Gasteiger partial charge in [-0.3, -0.25) is 4.79 Å². The van der Waals surface area contributed by atoms with Crippen molar-refractivity contribution in [2.75, 3.05) is 5.32 Å². The van der Waals surface area contributed by atoms with E-state index in [0.29, 0.717) is 6.42 Å². The second kappa shape index (κ2) is 5.66. The molecule has 0 radical (unpaired) electrons. The van der Waals surface area contributed by atoms with Crippen molar-refractivity contribution in [3.8, 4) is 0 Å². The summed E-state index contributed by atoms with van der Waals surface area (Å²) in [5.74, 6) is -0.0161. The highest BCUT2D eigenvalue weighted by molar-refractivity contribution is 5.91. The van der Waals surface area contributed by atoms with Crippen molar-refractivity contribution in [3.05, 3.63) is 29.3 Å². The fourth-order valence-electron chi connectivity index (χ4n) is 1.41. The molecule has 1 aromatic rings. The van der Waals surface area contributed by atoms with Gasteiger partial charge >= 0.3 is 0 Å². The van der Waals surface area contributed by atoms with E-state index in [9.17, 15) is 4.79 Å². The highest BCUT2D eigenvalue weighted by Crippen LogP contribution is 2.14. The molecule has 3 N–H and O–H groups in total. The molecule has 16 heavy (non-hydrogen) atoms. The van der Waals surface area contributed by atoms with Crippen LogP contribution in [-0.2, 0) is 4.79 Å². The number of amides is 1. The Morgan fingerprint density at radius 3 is 2.62 bits per heavy atom. The molecule has 0 heterocycles. The van der Waals surface area contributed by atoms with E-state index in [1.54, 1.807) is 0 Å². The SMILES string of the molecule is CCC(N)CC(=O)Nc1ccc(C)c(C)c1. The Kier molecular flexibility index (Phi) is 4.50. The van der Waals surface area contributed by atoms with Crippen molar-refractivity contribution in [1.29, 1.82) is 0 Å². The molecule has 1 aromatic carbocycles. The highest BCUT2D eigenvalue weighted by Gasteiger charge is 2.07. The van der Waals surface area contributed by atoms with E-state index in [2.05, 4.69) is 5.32 Å². The number of carbonyl (C=O) groups excluding carboxylic acids is 1. The van der Waals surface area contributed by atoms with E-state index in [4.69, 9.17) is 5.73 Å². The first-order valence-electron chi connectivity index (χ1n) is 5.65. The Labute approximate surface area is 97.0 Å². The first-order valence-corrected chi connectivity index (χ1v) is 5.65. The number of hydrogen-bond acceptors (Lipinski definition) is 2. The normalized spacial score (nSPS) is 12.2. The van der Waals surface area contributed by atoms with Crippen molar-refractivity contribution >= 4 is 11.6 Å². The molecule has 0 fully saturated rings. The van der Waals surface area contributed by atoms with Gasteiger partial charge in [-0.1, -0.05) is 13.0 Å². The third-order valence-electron chi connectivity index (χ3n) is 2.76. The molecule has 1 atom stereocenters. The largest absolute Gasteiger partial charge is 0.327 e. The van der Waals surface area contributed by atoms with Crippen LogP contribution in [0.5, 0.6) is 0 Å².